The molecule has 0 aliphatic rings. The average molecular weight is 299 g/mol. The number of hydrogen-bond donors (Lipinski definition) is 1. The zero-order valence-electron chi connectivity index (χ0n) is 9.32. The van der Waals surface area contributed by atoms with Crippen LogP contribution in [0, 0.1) is 5.82 Å². The molecular formula is C11H12BrFN4. The molecular weight excluding hydrogens is 287 g/mol. The molecule has 0 bridgehead atoms. The molecule has 2 N–H and O–H groups in total. The van der Waals surface area contributed by atoms with Crippen molar-refractivity contribution in [2.45, 2.75) is 19.8 Å². The maximum atomic E-state index is 13.7. The summed E-state index contributed by atoms with van der Waals surface area (Å²) in [5, 5.41) is 7.68. The van der Waals surface area contributed by atoms with Gasteiger partial charge in [0, 0.05) is 4.47 Å². The molecule has 1 aromatic heterocycles. The maximum Gasteiger partial charge on any atom is 0.169 e. The van der Waals surface area contributed by atoms with Gasteiger partial charge in [-0.25, -0.2) is 9.07 Å². The summed E-state index contributed by atoms with van der Waals surface area (Å²) in [5.41, 5.74) is 6.82. The van der Waals surface area contributed by atoms with E-state index in [1.807, 2.05) is 6.92 Å². The lowest BCUT2D eigenvalue weighted by atomic mass is 10.2. The van der Waals surface area contributed by atoms with Crippen LogP contribution in [-0.4, -0.2) is 15.0 Å². The Labute approximate surface area is 107 Å². The van der Waals surface area contributed by atoms with Gasteiger partial charge in [0.15, 0.2) is 5.82 Å². The lowest BCUT2D eigenvalue weighted by molar-refractivity contribution is 0.601. The van der Waals surface area contributed by atoms with Gasteiger partial charge in [0.25, 0.3) is 0 Å². The third-order valence-corrected chi connectivity index (χ3v) is 2.91. The maximum absolute atomic E-state index is 13.7. The fourth-order valence-corrected chi connectivity index (χ4v) is 1.97. The van der Waals surface area contributed by atoms with Crippen LogP contribution in [0.15, 0.2) is 22.7 Å². The highest BCUT2D eigenvalue weighted by Crippen LogP contribution is 2.22. The number of nitrogens with zero attached hydrogens (tertiary/aromatic N) is 3. The van der Waals surface area contributed by atoms with E-state index in [0.717, 1.165) is 16.6 Å². The van der Waals surface area contributed by atoms with E-state index in [-0.39, 0.29) is 5.82 Å². The largest absolute Gasteiger partial charge is 0.381 e. The molecule has 4 nitrogen and oxygen atoms in total. The number of rotatable bonds is 3. The first kappa shape index (κ1) is 12.0. The fraction of sp³-hybridized carbons (Fsp3) is 0.273. The van der Waals surface area contributed by atoms with Gasteiger partial charge in [-0.15, -0.1) is 5.10 Å². The van der Waals surface area contributed by atoms with Crippen molar-refractivity contribution in [1.82, 2.24) is 15.0 Å². The quantitative estimate of drug-likeness (QED) is 0.948. The number of anilines is 1. The summed E-state index contributed by atoms with van der Waals surface area (Å²) in [6.07, 6.45) is 1.61. The molecule has 90 valence electrons. The van der Waals surface area contributed by atoms with Crippen LogP contribution in [0.2, 0.25) is 0 Å². The SMILES string of the molecule is CCCc1c(N)nnn1-c1cc(Br)ccc1F. The smallest absolute Gasteiger partial charge is 0.169 e. The summed E-state index contributed by atoms with van der Waals surface area (Å²) in [5.74, 6) is 0.00155. The highest BCUT2D eigenvalue weighted by atomic mass is 79.9. The Morgan fingerprint density at radius 3 is 2.94 bits per heavy atom. The Balaban J connectivity index is 2.56. The lowest BCUT2D eigenvalue weighted by Gasteiger charge is -2.07. The molecule has 1 aromatic carbocycles. The molecule has 0 aliphatic carbocycles. The molecule has 0 atom stereocenters. The highest BCUT2D eigenvalue weighted by molar-refractivity contribution is 9.10. The van der Waals surface area contributed by atoms with Crippen molar-refractivity contribution in [1.29, 1.82) is 0 Å². The van der Waals surface area contributed by atoms with Crippen LogP contribution < -0.4 is 5.73 Å². The molecule has 0 aliphatic heterocycles. The minimum Gasteiger partial charge on any atom is -0.381 e. The van der Waals surface area contributed by atoms with Crippen molar-refractivity contribution in [2.24, 2.45) is 0 Å². The van der Waals surface area contributed by atoms with E-state index >= 15 is 0 Å². The average Bonchev–Trinajstić information content (AvgIpc) is 2.65. The number of nitrogen functional groups attached to an aromatic ring is 1. The molecule has 2 rings (SSSR count). The zero-order chi connectivity index (χ0) is 12.4. The van der Waals surface area contributed by atoms with Gasteiger partial charge in [0.05, 0.1) is 5.69 Å². The number of aromatic nitrogens is 3. The van der Waals surface area contributed by atoms with Crippen molar-refractivity contribution >= 4 is 21.7 Å². The summed E-state index contributed by atoms with van der Waals surface area (Å²) in [4.78, 5) is 0. The zero-order valence-corrected chi connectivity index (χ0v) is 10.9. The standard InChI is InChI=1S/C11H12BrFN4/c1-2-3-9-11(14)15-16-17(9)10-6-7(12)4-5-8(10)13/h4-6H,2-3,14H2,1H3. The lowest BCUT2D eigenvalue weighted by Crippen LogP contribution is -2.05. The number of nitrogens with two attached hydrogens (primary N) is 1. The summed E-state index contributed by atoms with van der Waals surface area (Å²) in [6, 6.07) is 4.67. The second kappa shape index (κ2) is 4.83. The first-order chi connectivity index (χ1) is 8.13. The Bertz CT molecular complexity index is 538. The second-order valence-corrected chi connectivity index (χ2v) is 4.59. The molecule has 0 saturated heterocycles. The van der Waals surface area contributed by atoms with Crippen molar-refractivity contribution in [3.63, 3.8) is 0 Å². The highest BCUT2D eigenvalue weighted by Gasteiger charge is 2.14. The van der Waals surface area contributed by atoms with E-state index in [2.05, 4.69) is 26.2 Å². The summed E-state index contributed by atoms with van der Waals surface area (Å²) >= 11 is 3.30. The number of hydrogen-bond acceptors (Lipinski definition) is 3. The first-order valence-electron chi connectivity index (χ1n) is 5.29. The monoisotopic (exact) mass is 298 g/mol. The molecule has 2 aromatic rings. The van der Waals surface area contributed by atoms with Crippen molar-refractivity contribution in [2.75, 3.05) is 5.73 Å². The van der Waals surface area contributed by atoms with Crippen molar-refractivity contribution < 1.29 is 4.39 Å². The molecule has 0 spiro atoms. The van der Waals surface area contributed by atoms with E-state index in [4.69, 9.17) is 5.73 Å². The van der Waals surface area contributed by atoms with Crippen LogP contribution >= 0.6 is 15.9 Å². The van der Waals surface area contributed by atoms with Crippen LogP contribution in [0.25, 0.3) is 5.69 Å². The van der Waals surface area contributed by atoms with Gasteiger partial charge in [-0.1, -0.05) is 34.5 Å². The second-order valence-electron chi connectivity index (χ2n) is 3.68. The van der Waals surface area contributed by atoms with Gasteiger partial charge < -0.3 is 5.73 Å². The van der Waals surface area contributed by atoms with Gasteiger partial charge in [0.1, 0.15) is 11.5 Å². The summed E-state index contributed by atoms with van der Waals surface area (Å²) in [6.45, 7) is 2.02. The summed E-state index contributed by atoms with van der Waals surface area (Å²) < 4.78 is 16.0. The van der Waals surface area contributed by atoms with Crippen LogP contribution in [0.3, 0.4) is 0 Å². The summed E-state index contributed by atoms with van der Waals surface area (Å²) in [7, 11) is 0. The van der Waals surface area contributed by atoms with Crippen LogP contribution in [0.5, 0.6) is 0 Å². The molecule has 0 saturated carbocycles. The Hall–Kier alpha value is -1.43. The van der Waals surface area contributed by atoms with Gasteiger partial charge in [-0.3, -0.25) is 0 Å². The van der Waals surface area contributed by atoms with Crippen molar-refractivity contribution in [3.05, 3.63) is 34.2 Å². The predicted octanol–water partition coefficient (Wildman–Crippen LogP) is 2.70. The molecule has 17 heavy (non-hydrogen) atoms. The third-order valence-electron chi connectivity index (χ3n) is 2.42. The third kappa shape index (κ3) is 2.31. The minimum absolute atomic E-state index is 0.351. The van der Waals surface area contributed by atoms with Crippen LogP contribution in [0.4, 0.5) is 10.2 Å². The topological polar surface area (TPSA) is 56.7 Å². The molecule has 0 amide bonds. The van der Waals surface area contributed by atoms with E-state index < -0.39 is 0 Å². The Kier molecular flexibility index (Phi) is 3.42. The van der Waals surface area contributed by atoms with Crippen LogP contribution in [0.1, 0.15) is 19.0 Å². The molecule has 0 radical (unpaired) electrons. The Morgan fingerprint density at radius 1 is 1.47 bits per heavy atom. The fourth-order valence-electron chi connectivity index (χ4n) is 1.63. The van der Waals surface area contributed by atoms with E-state index in [9.17, 15) is 4.39 Å². The number of benzene rings is 1. The molecule has 6 heteroatoms. The van der Waals surface area contributed by atoms with Crippen molar-refractivity contribution in [3.8, 4) is 5.69 Å². The van der Waals surface area contributed by atoms with E-state index in [0.29, 0.717) is 17.9 Å². The molecule has 0 unspecified atom stereocenters. The van der Waals surface area contributed by atoms with E-state index in [1.165, 1.54) is 10.7 Å². The van der Waals surface area contributed by atoms with E-state index in [1.54, 1.807) is 12.1 Å². The van der Waals surface area contributed by atoms with Crippen LogP contribution in [-0.2, 0) is 6.42 Å². The predicted molar refractivity (Wildman–Crippen MR) is 67.4 cm³/mol. The normalized spacial score (nSPS) is 10.8. The first-order valence-corrected chi connectivity index (χ1v) is 6.08. The number of halogens is 2. The molecule has 1 heterocycles. The van der Waals surface area contributed by atoms with Gasteiger partial charge >= 0.3 is 0 Å². The van der Waals surface area contributed by atoms with Gasteiger partial charge in [-0.2, -0.15) is 0 Å². The Morgan fingerprint density at radius 2 is 2.24 bits per heavy atom. The van der Waals surface area contributed by atoms with Gasteiger partial charge in [-0.05, 0) is 24.6 Å². The van der Waals surface area contributed by atoms with Gasteiger partial charge in [0.2, 0.25) is 0 Å². The minimum atomic E-state index is -0.351. The molecule has 0 fully saturated rings.